The molecular formula is C14H16Br2IN3O. The van der Waals surface area contributed by atoms with Gasteiger partial charge in [-0.1, -0.05) is 13.8 Å². The van der Waals surface area contributed by atoms with Gasteiger partial charge in [0, 0.05) is 12.6 Å². The van der Waals surface area contributed by atoms with Gasteiger partial charge in [0.1, 0.15) is 5.82 Å². The summed E-state index contributed by atoms with van der Waals surface area (Å²) < 4.78 is 8.23. The molecule has 1 N–H and O–H groups in total. The third-order valence-corrected chi connectivity index (χ3v) is 5.57. The number of rotatable bonds is 5. The van der Waals surface area contributed by atoms with Crippen LogP contribution in [0.3, 0.4) is 0 Å². The van der Waals surface area contributed by atoms with Gasteiger partial charge in [-0.25, -0.2) is 9.97 Å². The van der Waals surface area contributed by atoms with E-state index in [-0.39, 0.29) is 0 Å². The summed E-state index contributed by atoms with van der Waals surface area (Å²) in [6, 6.07) is 1.88. The molecule has 114 valence electrons. The van der Waals surface area contributed by atoms with E-state index in [1.165, 1.54) is 0 Å². The minimum Gasteiger partial charge on any atom is -0.445 e. The lowest BCUT2D eigenvalue weighted by Crippen LogP contribution is -2.09. The van der Waals surface area contributed by atoms with Gasteiger partial charge >= 0.3 is 0 Å². The highest BCUT2D eigenvalue weighted by molar-refractivity contribution is 14.1. The van der Waals surface area contributed by atoms with E-state index in [1.54, 1.807) is 0 Å². The van der Waals surface area contributed by atoms with Crippen LogP contribution in [0, 0.1) is 9.49 Å². The van der Waals surface area contributed by atoms with Gasteiger partial charge in [0.25, 0.3) is 0 Å². The van der Waals surface area contributed by atoms with E-state index in [9.17, 15) is 0 Å². The van der Waals surface area contributed by atoms with Gasteiger partial charge < -0.3 is 9.73 Å². The van der Waals surface area contributed by atoms with Crippen LogP contribution < -0.4 is 5.32 Å². The lowest BCUT2D eigenvalue weighted by atomic mass is 10.1. The molecule has 0 unspecified atom stereocenters. The van der Waals surface area contributed by atoms with E-state index in [1.807, 2.05) is 6.07 Å². The van der Waals surface area contributed by atoms with Crippen LogP contribution in [0.2, 0.25) is 0 Å². The topological polar surface area (TPSA) is 51.0 Å². The first-order valence-electron chi connectivity index (χ1n) is 6.67. The first kappa shape index (κ1) is 17.2. The molecule has 0 saturated carbocycles. The van der Waals surface area contributed by atoms with Crippen molar-refractivity contribution in [2.24, 2.45) is 5.92 Å². The molecule has 0 fully saturated rings. The van der Waals surface area contributed by atoms with Crippen LogP contribution in [0.1, 0.15) is 26.5 Å². The maximum absolute atomic E-state index is 5.65. The van der Waals surface area contributed by atoms with Crippen LogP contribution >= 0.6 is 54.5 Å². The van der Waals surface area contributed by atoms with Crippen molar-refractivity contribution in [1.29, 1.82) is 0 Å². The standard InChI is InChI=1S/C14H16Br2IN3O/c1-4-18-14-11(17)9(5-7(2)3)19-13(20-14)10-6-8(15)12(16)21-10/h6-7H,4-5H2,1-3H3,(H,18,19,20). The number of nitrogens with one attached hydrogen (secondary N) is 1. The highest BCUT2D eigenvalue weighted by atomic mass is 127. The molecule has 2 heterocycles. The second-order valence-electron chi connectivity index (χ2n) is 5.02. The zero-order valence-corrected chi connectivity index (χ0v) is 17.3. The molecule has 2 aromatic heterocycles. The van der Waals surface area contributed by atoms with E-state index >= 15 is 0 Å². The summed E-state index contributed by atoms with van der Waals surface area (Å²) in [7, 11) is 0. The molecule has 0 aliphatic carbocycles. The Balaban J connectivity index is 2.52. The fourth-order valence-corrected chi connectivity index (χ4v) is 3.10. The number of hydrogen-bond acceptors (Lipinski definition) is 4. The Morgan fingerprint density at radius 1 is 1.33 bits per heavy atom. The molecule has 21 heavy (non-hydrogen) atoms. The largest absolute Gasteiger partial charge is 0.445 e. The van der Waals surface area contributed by atoms with Crippen molar-refractivity contribution in [3.05, 3.63) is 24.5 Å². The molecule has 0 aliphatic heterocycles. The molecule has 0 atom stereocenters. The minimum atomic E-state index is 0.533. The molecule has 7 heteroatoms. The molecule has 0 amide bonds. The van der Waals surface area contributed by atoms with Gasteiger partial charge in [0.05, 0.1) is 13.7 Å². The van der Waals surface area contributed by atoms with Crippen molar-refractivity contribution >= 4 is 60.3 Å². The Morgan fingerprint density at radius 2 is 2.05 bits per heavy atom. The molecular weight excluding hydrogens is 513 g/mol. The minimum absolute atomic E-state index is 0.533. The molecule has 2 rings (SSSR count). The van der Waals surface area contributed by atoms with Crippen molar-refractivity contribution in [3.63, 3.8) is 0 Å². The SMILES string of the molecule is CCNc1nc(-c2cc(Br)c(Br)o2)nc(CC(C)C)c1I. The van der Waals surface area contributed by atoms with Crippen LogP contribution in [0.4, 0.5) is 5.82 Å². The first-order valence-corrected chi connectivity index (χ1v) is 9.34. The fraction of sp³-hybridized carbons (Fsp3) is 0.429. The molecule has 0 saturated heterocycles. The average Bonchev–Trinajstić information content (AvgIpc) is 2.74. The summed E-state index contributed by atoms with van der Waals surface area (Å²) in [6.45, 7) is 7.24. The lowest BCUT2D eigenvalue weighted by molar-refractivity contribution is 0.548. The normalized spacial score (nSPS) is 11.2. The maximum Gasteiger partial charge on any atom is 0.198 e. The van der Waals surface area contributed by atoms with Gasteiger partial charge in [-0.05, 0) is 73.7 Å². The smallest absolute Gasteiger partial charge is 0.198 e. The Hall–Kier alpha value is -0.150. The van der Waals surface area contributed by atoms with E-state index in [2.05, 4.69) is 90.5 Å². The van der Waals surface area contributed by atoms with Crippen molar-refractivity contribution in [3.8, 4) is 11.6 Å². The second kappa shape index (κ2) is 7.41. The van der Waals surface area contributed by atoms with Crippen LogP contribution in [-0.4, -0.2) is 16.5 Å². The summed E-state index contributed by atoms with van der Waals surface area (Å²) in [6.07, 6.45) is 0.912. The molecule has 0 radical (unpaired) electrons. The van der Waals surface area contributed by atoms with Crippen molar-refractivity contribution in [1.82, 2.24) is 9.97 Å². The summed E-state index contributed by atoms with van der Waals surface area (Å²) in [5.41, 5.74) is 1.05. The molecule has 0 bridgehead atoms. The first-order chi connectivity index (χ1) is 9.92. The van der Waals surface area contributed by atoms with Gasteiger partial charge in [-0.3, -0.25) is 0 Å². The van der Waals surface area contributed by atoms with Crippen molar-refractivity contribution in [2.45, 2.75) is 27.2 Å². The number of nitrogens with zero attached hydrogens (tertiary/aromatic N) is 2. The Morgan fingerprint density at radius 3 is 2.57 bits per heavy atom. The summed E-state index contributed by atoms with van der Waals surface area (Å²) in [4.78, 5) is 9.28. The van der Waals surface area contributed by atoms with Crippen molar-refractivity contribution in [2.75, 3.05) is 11.9 Å². The molecule has 0 spiro atoms. The summed E-state index contributed by atoms with van der Waals surface area (Å²) in [5, 5.41) is 3.30. The predicted molar refractivity (Wildman–Crippen MR) is 101 cm³/mol. The molecule has 0 aromatic carbocycles. The van der Waals surface area contributed by atoms with Crippen LogP contribution in [-0.2, 0) is 6.42 Å². The van der Waals surface area contributed by atoms with E-state index in [4.69, 9.17) is 4.42 Å². The second-order valence-corrected chi connectivity index (χ2v) is 7.67. The number of aromatic nitrogens is 2. The van der Waals surface area contributed by atoms with Crippen LogP contribution in [0.25, 0.3) is 11.6 Å². The third-order valence-electron chi connectivity index (χ3n) is 2.73. The maximum atomic E-state index is 5.65. The average molecular weight is 529 g/mol. The summed E-state index contributed by atoms with van der Waals surface area (Å²) >= 11 is 9.08. The molecule has 2 aromatic rings. The lowest BCUT2D eigenvalue weighted by Gasteiger charge is -2.12. The number of furan rings is 1. The highest BCUT2D eigenvalue weighted by Crippen LogP contribution is 2.33. The predicted octanol–water partition coefficient (Wildman–Crippen LogP) is 5.50. The van der Waals surface area contributed by atoms with Crippen LogP contribution in [0.5, 0.6) is 0 Å². The molecule has 0 aliphatic rings. The van der Waals surface area contributed by atoms with Gasteiger partial charge in [-0.2, -0.15) is 0 Å². The molecule has 4 nitrogen and oxygen atoms in total. The summed E-state index contributed by atoms with van der Waals surface area (Å²) in [5.74, 6) is 2.65. The fourth-order valence-electron chi connectivity index (χ4n) is 1.87. The van der Waals surface area contributed by atoms with Gasteiger partial charge in [0.15, 0.2) is 16.3 Å². The highest BCUT2D eigenvalue weighted by Gasteiger charge is 2.17. The van der Waals surface area contributed by atoms with Gasteiger partial charge in [0.2, 0.25) is 0 Å². The Labute approximate surface area is 154 Å². The third kappa shape index (κ3) is 4.19. The zero-order chi connectivity index (χ0) is 15.6. The number of halogens is 3. The Kier molecular flexibility index (Phi) is 6.07. The Bertz CT molecular complexity index is 624. The number of anilines is 1. The van der Waals surface area contributed by atoms with E-state index in [0.717, 1.165) is 32.5 Å². The van der Waals surface area contributed by atoms with Crippen molar-refractivity contribution < 1.29 is 4.42 Å². The number of hydrogen-bond donors (Lipinski definition) is 1. The van der Waals surface area contributed by atoms with E-state index in [0.29, 0.717) is 22.2 Å². The quantitative estimate of drug-likeness (QED) is 0.521. The zero-order valence-electron chi connectivity index (χ0n) is 12.0. The van der Waals surface area contributed by atoms with Gasteiger partial charge in [-0.15, -0.1) is 0 Å². The monoisotopic (exact) mass is 527 g/mol. The van der Waals surface area contributed by atoms with E-state index < -0.39 is 0 Å². The van der Waals surface area contributed by atoms with Crippen LogP contribution in [0.15, 0.2) is 19.6 Å².